The molecule has 27 heavy (non-hydrogen) atoms. The number of carbonyl (C=O) groups excluding carboxylic acids is 1. The van der Waals surface area contributed by atoms with Crippen molar-refractivity contribution in [2.75, 3.05) is 7.05 Å². The summed E-state index contributed by atoms with van der Waals surface area (Å²) in [5, 5.41) is 6.08. The summed E-state index contributed by atoms with van der Waals surface area (Å²) in [6.07, 6.45) is 3.09. The fourth-order valence-electron chi connectivity index (χ4n) is 2.71. The monoisotopic (exact) mass is 384 g/mol. The number of sulfonamides is 1. The molecule has 3 rings (SSSR count). The highest BCUT2D eigenvalue weighted by atomic mass is 32.2. The van der Waals surface area contributed by atoms with Gasteiger partial charge < -0.3 is 9.32 Å². The van der Waals surface area contributed by atoms with Gasteiger partial charge in [-0.15, -0.1) is 0 Å². The summed E-state index contributed by atoms with van der Waals surface area (Å²) in [5.41, 5.74) is 1.57. The summed E-state index contributed by atoms with van der Waals surface area (Å²) in [7, 11) is -2.05. The molecule has 0 aliphatic rings. The normalized spacial score (nSPS) is 13.1. The fraction of sp³-hybridized carbons (Fsp3) is 0.150. The molecule has 2 aromatic carbocycles. The molecule has 3 aromatic rings. The van der Waals surface area contributed by atoms with Crippen LogP contribution >= 0.6 is 0 Å². The van der Waals surface area contributed by atoms with Gasteiger partial charge in [-0.2, -0.15) is 0 Å². The van der Waals surface area contributed by atoms with E-state index in [9.17, 15) is 13.2 Å². The summed E-state index contributed by atoms with van der Waals surface area (Å²) in [6, 6.07) is 15.4. The van der Waals surface area contributed by atoms with Gasteiger partial charge in [0.05, 0.1) is 10.9 Å². The molecule has 0 aliphatic heterocycles. The van der Waals surface area contributed by atoms with E-state index in [0.717, 1.165) is 16.5 Å². The SMILES string of the molecule is CC(c1ccc(S(N)(=O)=O)cc1)N(C)C(=O)/C=C/c1cc2ccccc2o1. The number of hydrogen-bond acceptors (Lipinski definition) is 4. The number of carbonyl (C=O) groups is 1. The first kappa shape index (κ1) is 18.9. The van der Waals surface area contributed by atoms with Crippen LogP contribution in [0.2, 0.25) is 0 Å². The number of rotatable bonds is 5. The van der Waals surface area contributed by atoms with Crippen molar-refractivity contribution >= 4 is 33.0 Å². The van der Waals surface area contributed by atoms with Crippen LogP contribution in [0.3, 0.4) is 0 Å². The molecule has 140 valence electrons. The van der Waals surface area contributed by atoms with Crippen LogP contribution in [0.25, 0.3) is 17.0 Å². The first-order valence-electron chi connectivity index (χ1n) is 8.32. The lowest BCUT2D eigenvalue weighted by Crippen LogP contribution is -2.28. The van der Waals surface area contributed by atoms with E-state index in [1.165, 1.54) is 18.2 Å². The summed E-state index contributed by atoms with van der Waals surface area (Å²) in [5.74, 6) is 0.404. The third-order valence-electron chi connectivity index (χ3n) is 4.45. The van der Waals surface area contributed by atoms with Crippen LogP contribution in [0.4, 0.5) is 0 Å². The minimum absolute atomic E-state index is 0.0391. The fourth-order valence-corrected chi connectivity index (χ4v) is 3.22. The lowest BCUT2D eigenvalue weighted by atomic mass is 10.1. The number of primary sulfonamides is 1. The minimum atomic E-state index is -3.73. The van der Waals surface area contributed by atoms with Crippen LogP contribution in [0.15, 0.2) is 70.0 Å². The maximum Gasteiger partial charge on any atom is 0.246 e. The molecule has 1 unspecified atom stereocenters. The third kappa shape index (κ3) is 4.27. The number of likely N-dealkylation sites (N-methyl/N-ethyl adjacent to an activating group) is 1. The molecule has 1 amide bonds. The summed E-state index contributed by atoms with van der Waals surface area (Å²) >= 11 is 0. The number of para-hydroxylation sites is 1. The Labute approximate surface area is 157 Å². The first-order valence-corrected chi connectivity index (χ1v) is 9.86. The number of furan rings is 1. The topological polar surface area (TPSA) is 93.6 Å². The highest BCUT2D eigenvalue weighted by Crippen LogP contribution is 2.22. The van der Waals surface area contributed by atoms with Gasteiger partial charge >= 0.3 is 0 Å². The summed E-state index contributed by atoms with van der Waals surface area (Å²) in [4.78, 5) is 14.1. The zero-order valence-corrected chi connectivity index (χ0v) is 15.8. The quantitative estimate of drug-likeness (QED) is 0.683. The van der Waals surface area contributed by atoms with Crippen LogP contribution < -0.4 is 5.14 Å². The van der Waals surface area contributed by atoms with Crippen LogP contribution in [0.5, 0.6) is 0 Å². The molecule has 0 saturated heterocycles. The molecule has 0 aliphatic carbocycles. The van der Waals surface area contributed by atoms with Gasteiger partial charge in [-0.3, -0.25) is 4.79 Å². The molecule has 0 saturated carbocycles. The van der Waals surface area contributed by atoms with E-state index in [2.05, 4.69) is 0 Å². The van der Waals surface area contributed by atoms with E-state index < -0.39 is 10.0 Å². The molecule has 0 spiro atoms. The lowest BCUT2D eigenvalue weighted by Gasteiger charge is -2.24. The second-order valence-electron chi connectivity index (χ2n) is 6.26. The van der Waals surface area contributed by atoms with Crippen molar-refractivity contribution in [3.05, 3.63) is 72.0 Å². The second-order valence-corrected chi connectivity index (χ2v) is 7.82. The van der Waals surface area contributed by atoms with E-state index >= 15 is 0 Å². The molecule has 6 nitrogen and oxygen atoms in total. The average Bonchev–Trinajstić information content (AvgIpc) is 3.07. The molecule has 2 N–H and O–H groups in total. The van der Waals surface area contributed by atoms with Crippen LogP contribution in [0, 0.1) is 0 Å². The Morgan fingerprint density at radius 3 is 2.44 bits per heavy atom. The Morgan fingerprint density at radius 1 is 1.15 bits per heavy atom. The van der Waals surface area contributed by atoms with Crippen molar-refractivity contribution in [2.45, 2.75) is 17.9 Å². The van der Waals surface area contributed by atoms with Crippen molar-refractivity contribution in [2.24, 2.45) is 5.14 Å². The van der Waals surface area contributed by atoms with Crippen LogP contribution in [-0.2, 0) is 14.8 Å². The van der Waals surface area contributed by atoms with Crippen LogP contribution in [0.1, 0.15) is 24.3 Å². The van der Waals surface area contributed by atoms with Crippen molar-refractivity contribution < 1.29 is 17.6 Å². The Kier molecular flexibility index (Phi) is 5.16. The molecule has 0 bridgehead atoms. The largest absolute Gasteiger partial charge is 0.457 e. The summed E-state index contributed by atoms with van der Waals surface area (Å²) < 4.78 is 28.3. The Morgan fingerprint density at radius 2 is 1.81 bits per heavy atom. The first-order chi connectivity index (χ1) is 12.8. The van der Waals surface area contributed by atoms with Crippen molar-refractivity contribution in [3.8, 4) is 0 Å². The van der Waals surface area contributed by atoms with Gasteiger partial charge in [0.2, 0.25) is 15.9 Å². The smallest absolute Gasteiger partial charge is 0.246 e. The van der Waals surface area contributed by atoms with Crippen molar-refractivity contribution in [3.63, 3.8) is 0 Å². The minimum Gasteiger partial charge on any atom is -0.457 e. The molecule has 7 heteroatoms. The maximum atomic E-state index is 12.5. The number of nitrogens with two attached hydrogens (primary N) is 1. The highest BCUT2D eigenvalue weighted by molar-refractivity contribution is 7.89. The standard InChI is InChI=1S/C20H20N2O4S/c1-14(15-7-10-18(11-8-15)27(21,24)25)22(2)20(23)12-9-17-13-16-5-3-4-6-19(16)26-17/h3-14H,1-2H3,(H2,21,24,25)/b12-9+. The molecule has 1 aromatic heterocycles. The Balaban J connectivity index is 1.72. The third-order valence-corrected chi connectivity index (χ3v) is 5.38. The molecule has 0 radical (unpaired) electrons. The van der Waals surface area contributed by atoms with Crippen molar-refractivity contribution in [1.29, 1.82) is 0 Å². The van der Waals surface area contributed by atoms with Gasteiger partial charge in [0.1, 0.15) is 11.3 Å². The van der Waals surface area contributed by atoms with E-state index in [1.807, 2.05) is 37.3 Å². The zero-order chi connectivity index (χ0) is 19.6. The van der Waals surface area contributed by atoms with Gasteiger partial charge in [-0.05, 0) is 42.8 Å². The number of amides is 1. The van der Waals surface area contributed by atoms with E-state index in [-0.39, 0.29) is 16.8 Å². The predicted molar refractivity (Wildman–Crippen MR) is 104 cm³/mol. The molecular formula is C20H20N2O4S. The molecule has 1 atom stereocenters. The van der Waals surface area contributed by atoms with E-state index in [4.69, 9.17) is 9.56 Å². The van der Waals surface area contributed by atoms with Gasteiger partial charge in [-0.1, -0.05) is 30.3 Å². The number of benzene rings is 2. The van der Waals surface area contributed by atoms with Gasteiger partial charge in [0.25, 0.3) is 0 Å². The van der Waals surface area contributed by atoms with Gasteiger partial charge in [0.15, 0.2) is 0 Å². The second kappa shape index (κ2) is 7.38. The lowest BCUT2D eigenvalue weighted by molar-refractivity contribution is -0.126. The molecular weight excluding hydrogens is 364 g/mol. The average molecular weight is 384 g/mol. The molecule has 1 heterocycles. The number of fused-ring (bicyclic) bond motifs is 1. The Hall–Kier alpha value is -2.90. The van der Waals surface area contributed by atoms with Crippen molar-refractivity contribution in [1.82, 2.24) is 4.90 Å². The summed E-state index contributed by atoms with van der Waals surface area (Å²) in [6.45, 7) is 1.86. The predicted octanol–water partition coefficient (Wildman–Crippen LogP) is 3.31. The molecule has 0 fully saturated rings. The van der Waals surface area contributed by atoms with E-state index in [0.29, 0.717) is 5.76 Å². The highest BCUT2D eigenvalue weighted by Gasteiger charge is 2.16. The zero-order valence-electron chi connectivity index (χ0n) is 15.0. The van der Waals surface area contributed by atoms with E-state index in [1.54, 1.807) is 30.2 Å². The van der Waals surface area contributed by atoms with Gasteiger partial charge in [0, 0.05) is 18.5 Å². The van der Waals surface area contributed by atoms with Gasteiger partial charge in [-0.25, -0.2) is 13.6 Å². The maximum absolute atomic E-state index is 12.5. The number of hydrogen-bond donors (Lipinski definition) is 1. The number of nitrogens with zero attached hydrogens (tertiary/aromatic N) is 1. The van der Waals surface area contributed by atoms with Crippen LogP contribution in [-0.4, -0.2) is 26.3 Å². The Bertz CT molecular complexity index is 1070.